The molecule has 0 spiro atoms. The van der Waals surface area contributed by atoms with Gasteiger partial charge in [0.05, 0.1) is 27.9 Å². The largest absolute Gasteiger partial charge is 0.512 e. The Hall–Kier alpha value is -1.28. The van der Waals surface area contributed by atoms with Crippen LogP contribution in [0.4, 0.5) is 0 Å². The van der Waals surface area contributed by atoms with Crippen LogP contribution in [-0.2, 0) is 14.3 Å². The van der Waals surface area contributed by atoms with Crippen LogP contribution in [0, 0.1) is 5.92 Å². The molecule has 2 aliphatic carbocycles. The zero-order chi connectivity index (χ0) is 19.3. The Morgan fingerprint density at radius 1 is 1.15 bits per heavy atom. The number of allylic oxidation sites excluding steroid dienone is 4. The number of hydrogen-bond acceptors (Lipinski definition) is 6. The topological polar surface area (TPSA) is 95.9 Å². The molecule has 142 valence electrons. The fourth-order valence-electron chi connectivity index (χ4n) is 3.97. The number of aliphatic hydroxyl groups is 2. The summed E-state index contributed by atoms with van der Waals surface area (Å²) in [4.78, 5) is 24.0. The molecule has 0 aromatic carbocycles. The SMILES string of the molecule is CC(=O)C1C(=O)C(Br)CC2NC3=C(OC21)C(=C(C)O)C(=C(C)O)C(Br)C3. The average molecular weight is 491 g/mol. The van der Waals surface area contributed by atoms with Crippen LogP contribution in [0.3, 0.4) is 0 Å². The minimum absolute atomic E-state index is 0.00480. The van der Waals surface area contributed by atoms with E-state index in [1.165, 1.54) is 13.8 Å². The van der Waals surface area contributed by atoms with E-state index in [0.29, 0.717) is 29.7 Å². The lowest BCUT2D eigenvalue weighted by atomic mass is 9.77. The van der Waals surface area contributed by atoms with E-state index < -0.39 is 16.8 Å². The van der Waals surface area contributed by atoms with E-state index in [9.17, 15) is 19.8 Å². The first kappa shape index (κ1) is 19.5. The summed E-state index contributed by atoms with van der Waals surface area (Å²) in [7, 11) is 0. The molecule has 0 aromatic heterocycles. The first-order chi connectivity index (χ1) is 12.1. The van der Waals surface area contributed by atoms with Gasteiger partial charge in [0.1, 0.15) is 29.3 Å². The third-order valence-corrected chi connectivity index (χ3v) is 6.68. The number of carbonyl (C=O) groups excluding carboxylic acids is 2. The maximum Gasteiger partial charge on any atom is 0.160 e. The van der Waals surface area contributed by atoms with Gasteiger partial charge in [-0.25, -0.2) is 0 Å². The lowest BCUT2D eigenvalue weighted by Gasteiger charge is -2.46. The van der Waals surface area contributed by atoms with Crippen LogP contribution < -0.4 is 5.32 Å². The predicted molar refractivity (Wildman–Crippen MR) is 103 cm³/mol. The number of Topliss-reactive ketones (excluding diaryl/α,β-unsaturated/α-hetero) is 2. The molecule has 3 aliphatic rings. The predicted octanol–water partition coefficient (Wildman–Crippen LogP) is 3.33. The number of aliphatic hydroxyl groups excluding tert-OH is 2. The zero-order valence-electron chi connectivity index (χ0n) is 14.7. The highest BCUT2D eigenvalue weighted by molar-refractivity contribution is 9.10. The van der Waals surface area contributed by atoms with E-state index >= 15 is 0 Å². The Morgan fingerprint density at radius 2 is 1.81 bits per heavy atom. The number of ketones is 2. The number of rotatable bonds is 1. The second-order valence-electron chi connectivity index (χ2n) is 6.97. The summed E-state index contributed by atoms with van der Waals surface area (Å²) in [6, 6.07) is -0.189. The summed E-state index contributed by atoms with van der Waals surface area (Å²) in [5, 5.41) is 23.8. The fraction of sp³-hybridized carbons (Fsp3) is 0.556. The van der Waals surface area contributed by atoms with Crippen molar-refractivity contribution in [3.05, 3.63) is 34.1 Å². The molecule has 3 rings (SSSR count). The second-order valence-corrected chi connectivity index (χ2v) is 9.18. The van der Waals surface area contributed by atoms with Gasteiger partial charge in [0.15, 0.2) is 5.78 Å². The molecule has 1 heterocycles. The number of ether oxygens (including phenoxy) is 1. The first-order valence-corrected chi connectivity index (χ1v) is 10.3. The number of fused-ring (bicyclic) bond motifs is 1. The van der Waals surface area contributed by atoms with Crippen molar-refractivity contribution in [2.24, 2.45) is 5.92 Å². The third kappa shape index (κ3) is 3.11. The molecule has 0 aromatic rings. The summed E-state index contributed by atoms with van der Waals surface area (Å²) >= 11 is 6.94. The highest BCUT2D eigenvalue weighted by Crippen LogP contribution is 2.45. The molecular formula is C18H21Br2NO5. The molecule has 0 saturated heterocycles. The summed E-state index contributed by atoms with van der Waals surface area (Å²) < 4.78 is 6.16. The van der Waals surface area contributed by atoms with Gasteiger partial charge in [0, 0.05) is 16.8 Å². The van der Waals surface area contributed by atoms with Crippen LogP contribution >= 0.6 is 31.9 Å². The van der Waals surface area contributed by atoms with Crippen LogP contribution in [0.2, 0.25) is 0 Å². The van der Waals surface area contributed by atoms with Crippen LogP contribution in [0.1, 0.15) is 33.6 Å². The van der Waals surface area contributed by atoms with Gasteiger partial charge in [-0.2, -0.15) is 0 Å². The maximum atomic E-state index is 12.5. The molecule has 1 saturated carbocycles. The number of alkyl halides is 2. The fourth-order valence-corrected chi connectivity index (χ4v) is 5.54. The van der Waals surface area contributed by atoms with Gasteiger partial charge in [-0.3, -0.25) is 9.59 Å². The average Bonchev–Trinajstić information content (AvgIpc) is 2.52. The van der Waals surface area contributed by atoms with Crippen LogP contribution in [0.15, 0.2) is 34.1 Å². The molecule has 8 heteroatoms. The highest BCUT2D eigenvalue weighted by Gasteiger charge is 2.51. The Morgan fingerprint density at radius 3 is 2.35 bits per heavy atom. The van der Waals surface area contributed by atoms with Crippen molar-refractivity contribution in [2.45, 2.75) is 55.4 Å². The van der Waals surface area contributed by atoms with E-state index in [4.69, 9.17) is 4.74 Å². The Bertz CT molecular complexity index is 762. The molecule has 3 N–H and O–H groups in total. The van der Waals surface area contributed by atoms with Crippen LogP contribution in [0.5, 0.6) is 0 Å². The van der Waals surface area contributed by atoms with Crippen molar-refractivity contribution in [3.63, 3.8) is 0 Å². The van der Waals surface area contributed by atoms with Crippen molar-refractivity contribution in [1.29, 1.82) is 0 Å². The Kier molecular flexibility index (Phi) is 5.27. The number of halogens is 2. The van der Waals surface area contributed by atoms with Gasteiger partial charge in [-0.15, -0.1) is 0 Å². The second kappa shape index (κ2) is 7.03. The van der Waals surface area contributed by atoms with E-state index in [1.807, 2.05) is 0 Å². The van der Waals surface area contributed by atoms with Crippen molar-refractivity contribution >= 4 is 43.4 Å². The van der Waals surface area contributed by atoms with E-state index in [0.717, 1.165) is 5.70 Å². The minimum Gasteiger partial charge on any atom is -0.512 e. The Labute approximate surface area is 168 Å². The number of nitrogens with one attached hydrogen (secondary N) is 1. The third-order valence-electron chi connectivity index (χ3n) is 5.07. The molecule has 0 amide bonds. The molecule has 0 radical (unpaired) electrons. The maximum absolute atomic E-state index is 12.5. The number of carbonyl (C=O) groups is 2. The molecule has 5 atom stereocenters. The summed E-state index contributed by atoms with van der Waals surface area (Å²) in [5.74, 6) is -0.809. The van der Waals surface area contributed by atoms with Crippen molar-refractivity contribution < 1.29 is 24.5 Å². The van der Waals surface area contributed by atoms with E-state index in [-0.39, 0.29) is 34.0 Å². The summed E-state index contributed by atoms with van der Waals surface area (Å²) in [6.45, 7) is 4.46. The monoisotopic (exact) mass is 489 g/mol. The normalized spacial score (nSPS) is 37.9. The quantitative estimate of drug-likeness (QED) is 0.296. The molecule has 1 aliphatic heterocycles. The minimum atomic E-state index is -0.871. The van der Waals surface area contributed by atoms with Gasteiger partial charge in [-0.1, -0.05) is 31.9 Å². The molecule has 26 heavy (non-hydrogen) atoms. The lowest BCUT2D eigenvalue weighted by Crippen LogP contribution is -2.59. The summed E-state index contributed by atoms with van der Waals surface area (Å²) in [5.41, 5.74) is 1.73. The van der Waals surface area contributed by atoms with Crippen LogP contribution in [-0.4, -0.2) is 43.6 Å². The van der Waals surface area contributed by atoms with Gasteiger partial charge in [0.25, 0.3) is 0 Å². The van der Waals surface area contributed by atoms with Gasteiger partial charge in [-0.05, 0) is 27.2 Å². The smallest absolute Gasteiger partial charge is 0.160 e. The van der Waals surface area contributed by atoms with Crippen LogP contribution in [0.25, 0.3) is 0 Å². The number of hydrogen-bond donors (Lipinski definition) is 3. The first-order valence-electron chi connectivity index (χ1n) is 8.42. The van der Waals surface area contributed by atoms with Gasteiger partial charge in [0.2, 0.25) is 0 Å². The summed E-state index contributed by atoms with van der Waals surface area (Å²) in [6.07, 6.45) is 0.401. The zero-order valence-corrected chi connectivity index (χ0v) is 17.8. The molecule has 6 nitrogen and oxygen atoms in total. The molecule has 0 bridgehead atoms. The molecule has 1 fully saturated rings. The lowest BCUT2D eigenvalue weighted by molar-refractivity contribution is -0.141. The standard InChI is InChI=1S/C18H21Br2NO5/c1-6(22)13-9(19)4-11-17(14(13)7(2)23)26-18-12(21-11)5-10(20)16(25)15(18)8(3)24/h9-10,12,15,18,21-23H,4-5H2,1-3H3. The van der Waals surface area contributed by atoms with Crippen molar-refractivity contribution in [3.8, 4) is 0 Å². The van der Waals surface area contributed by atoms with E-state index in [2.05, 4.69) is 37.2 Å². The van der Waals surface area contributed by atoms with Crippen molar-refractivity contribution in [1.82, 2.24) is 5.32 Å². The Balaban J connectivity index is 2.10. The van der Waals surface area contributed by atoms with Crippen molar-refractivity contribution in [2.75, 3.05) is 0 Å². The highest BCUT2D eigenvalue weighted by atomic mass is 79.9. The van der Waals surface area contributed by atoms with Gasteiger partial charge >= 0.3 is 0 Å². The van der Waals surface area contributed by atoms with E-state index in [1.54, 1.807) is 6.92 Å². The molecular weight excluding hydrogens is 470 g/mol. The van der Waals surface area contributed by atoms with Gasteiger partial charge < -0.3 is 20.3 Å². The molecule has 5 unspecified atom stereocenters.